The third-order valence-electron chi connectivity index (χ3n) is 4.80. The fourth-order valence-corrected chi connectivity index (χ4v) is 3.57. The molecule has 4 heteroatoms. The van der Waals surface area contributed by atoms with E-state index in [2.05, 4.69) is 31.2 Å². The van der Waals surface area contributed by atoms with Crippen molar-refractivity contribution in [3.05, 3.63) is 72.3 Å². The highest BCUT2D eigenvalue weighted by molar-refractivity contribution is 6.59. The molecule has 3 N–H and O–H groups in total. The van der Waals surface area contributed by atoms with Crippen molar-refractivity contribution >= 4 is 34.1 Å². The topological polar surface area (TPSA) is 60.7 Å². The fraction of sp³-hybridized carbons (Fsp3) is 0.0476. The van der Waals surface area contributed by atoms with Crippen molar-refractivity contribution in [3.8, 4) is 16.9 Å². The first-order valence-electron chi connectivity index (χ1n) is 8.17. The number of fused-ring (bicyclic) bond motifs is 2. The van der Waals surface area contributed by atoms with Crippen molar-refractivity contribution in [1.82, 2.24) is 0 Å². The van der Waals surface area contributed by atoms with Crippen LogP contribution in [0.2, 0.25) is 0 Å². The van der Waals surface area contributed by atoms with Crippen LogP contribution in [0.5, 0.6) is 5.75 Å². The molecule has 0 aliphatic rings. The molecule has 0 saturated carbocycles. The Morgan fingerprint density at radius 2 is 1.24 bits per heavy atom. The molecule has 0 unspecified atom stereocenters. The molecule has 0 spiro atoms. The summed E-state index contributed by atoms with van der Waals surface area (Å²) in [5.74, 6) is -0.125. The van der Waals surface area contributed by atoms with Crippen LogP contribution in [-0.2, 0) is 0 Å². The lowest BCUT2D eigenvalue weighted by molar-refractivity contribution is 0.419. The third kappa shape index (κ3) is 2.47. The van der Waals surface area contributed by atoms with Crippen molar-refractivity contribution in [2.24, 2.45) is 0 Å². The lowest BCUT2D eigenvalue weighted by Crippen LogP contribution is -2.30. The monoisotopic (exact) mass is 328 g/mol. The Bertz CT molecular complexity index is 1050. The van der Waals surface area contributed by atoms with Crippen molar-refractivity contribution in [2.75, 3.05) is 0 Å². The minimum atomic E-state index is -1.72. The molecule has 4 aromatic carbocycles. The molecular formula is C21H17BO3. The predicted molar refractivity (Wildman–Crippen MR) is 103 cm³/mol. The Morgan fingerprint density at radius 1 is 0.720 bits per heavy atom. The first-order chi connectivity index (χ1) is 12.1. The van der Waals surface area contributed by atoms with E-state index in [4.69, 9.17) is 0 Å². The van der Waals surface area contributed by atoms with Crippen LogP contribution in [0.25, 0.3) is 32.7 Å². The van der Waals surface area contributed by atoms with Crippen molar-refractivity contribution in [3.63, 3.8) is 0 Å². The molecule has 0 aromatic heterocycles. The summed E-state index contributed by atoms with van der Waals surface area (Å²) in [5, 5.41) is 33.5. The van der Waals surface area contributed by atoms with E-state index in [1.807, 2.05) is 30.3 Å². The lowest BCUT2D eigenvalue weighted by atomic mass is 9.77. The number of phenolic OH excluding ortho intramolecular Hbond substituents is 1. The Hall–Kier alpha value is -2.82. The molecule has 0 atom stereocenters. The summed E-state index contributed by atoms with van der Waals surface area (Å²) in [7, 11) is -1.72. The number of hydrogen-bond acceptors (Lipinski definition) is 3. The van der Waals surface area contributed by atoms with Crippen LogP contribution in [0.15, 0.2) is 66.7 Å². The highest BCUT2D eigenvalue weighted by Gasteiger charge is 2.19. The second-order valence-electron chi connectivity index (χ2n) is 6.24. The van der Waals surface area contributed by atoms with E-state index in [-0.39, 0.29) is 11.2 Å². The van der Waals surface area contributed by atoms with Crippen LogP contribution in [0.3, 0.4) is 0 Å². The summed E-state index contributed by atoms with van der Waals surface area (Å²) in [4.78, 5) is 0. The van der Waals surface area contributed by atoms with Gasteiger partial charge in [-0.1, -0.05) is 60.7 Å². The second-order valence-corrected chi connectivity index (χ2v) is 6.24. The normalized spacial score (nSPS) is 11.2. The van der Waals surface area contributed by atoms with E-state index in [1.54, 1.807) is 6.07 Å². The Balaban J connectivity index is 2.17. The van der Waals surface area contributed by atoms with Crippen LogP contribution in [0.4, 0.5) is 0 Å². The van der Waals surface area contributed by atoms with Gasteiger partial charge in [0.15, 0.2) is 0 Å². The smallest absolute Gasteiger partial charge is 0.492 e. The lowest BCUT2D eigenvalue weighted by Gasteiger charge is -2.16. The van der Waals surface area contributed by atoms with E-state index in [0.717, 1.165) is 32.7 Å². The molecule has 0 saturated heterocycles. The van der Waals surface area contributed by atoms with Gasteiger partial charge in [0, 0.05) is 5.46 Å². The minimum Gasteiger partial charge on any atom is -0.508 e. The third-order valence-corrected chi connectivity index (χ3v) is 4.80. The molecular weight excluding hydrogens is 311 g/mol. The second kappa shape index (κ2) is 5.92. The maximum absolute atomic E-state index is 9.90. The SMILES string of the molecule is Cc1c2ccccc2c(-c2ccc(O)c(B(O)O)c2)c2ccccc12. The van der Waals surface area contributed by atoms with Gasteiger partial charge in [0.1, 0.15) is 5.75 Å². The van der Waals surface area contributed by atoms with Crippen LogP contribution >= 0.6 is 0 Å². The Kier molecular flexibility index (Phi) is 3.72. The van der Waals surface area contributed by atoms with Gasteiger partial charge in [-0.25, -0.2) is 0 Å². The molecule has 0 aliphatic carbocycles. The van der Waals surface area contributed by atoms with Crippen LogP contribution in [0, 0.1) is 6.92 Å². The molecule has 0 fully saturated rings. The number of rotatable bonds is 2. The van der Waals surface area contributed by atoms with Gasteiger partial charge in [-0.3, -0.25) is 0 Å². The van der Waals surface area contributed by atoms with Crippen molar-refractivity contribution in [1.29, 1.82) is 0 Å². The zero-order valence-electron chi connectivity index (χ0n) is 13.8. The van der Waals surface area contributed by atoms with E-state index in [1.165, 1.54) is 11.6 Å². The standard InChI is InChI=1S/C21H17BO3/c1-13-15-6-2-4-8-17(15)21(18-9-5-3-7-16(13)18)14-10-11-20(23)19(12-14)22(24)25/h2-12,23-25H,1H3. The van der Waals surface area contributed by atoms with E-state index in [0.29, 0.717) is 0 Å². The number of aryl methyl sites for hydroxylation is 1. The molecule has 25 heavy (non-hydrogen) atoms. The van der Waals surface area contributed by atoms with Gasteiger partial charge in [0.25, 0.3) is 0 Å². The van der Waals surface area contributed by atoms with Gasteiger partial charge in [-0.2, -0.15) is 0 Å². The van der Waals surface area contributed by atoms with Gasteiger partial charge in [-0.05, 0) is 51.2 Å². The molecule has 0 radical (unpaired) electrons. The molecule has 122 valence electrons. The summed E-state index contributed by atoms with van der Waals surface area (Å²) in [5.41, 5.74) is 3.19. The van der Waals surface area contributed by atoms with Crippen LogP contribution in [0.1, 0.15) is 5.56 Å². The highest BCUT2D eigenvalue weighted by atomic mass is 16.4. The first-order valence-corrected chi connectivity index (χ1v) is 8.17. The average Bonchev–Trinajstić information content (AvgIpc) is 2.63. The van der Waals surface area contributed by atoms with Gasteiger partial charge in [0.05, 0.1) is 0 Å². The van der Waals surface area contributed by atoms with E-state index < -0.39 is 7.12 Å². The van der Waals surface area contributed by atoms with E-state index >= 15 is 0 Å². The maximum Gasteiger partial charge on any atom is 0.492 e. The van der Waals surface area contributed by atoms with Gasteiger partial charge in [-0.15, -0.1) is 0 Å². The van der Waals surface area contributed by atoms with Crippen LogP contribution < -0.4 is 5.46 Å². The largest absolute Gasteiger partial charge is 0.508 e. The van der Waals surface area contributed by atoms with Gasteiger partial charge >= 0.3 is 7.12 Å². The fourth-order valence-electron chi connectivity index (χ4n) is 3.57. The zero-order valence-corrected chi connectivity index (χ0v) is 13.8. The molecule has 0 bridgehead atoms. The average molecular weight is 328 g/mol. The van der Waals surface area contributed by atoms with Crippen molar-refractivity contribution < 1.29 is 15.2 Å². The number of aromatic hydroxyl groups is 1. The number of benzene rings is 4. The minimum absolute atomic E-state index is 0.103. The van der Waals surface area contributed by atoms with Gasteiger partial charge in [0.2, 0.25) is 0 Å². The maximum atomic E-state index is 9.90. The Labute approximate surface area is 145 Å². The predicted octanol–water partition coefficient (Wildman–Crippen LogP) is 3.35. The quantitative estimate of drug-likeness (QED) is 0.391. The summed E-state index contributed by atoms with van der Waals surface area (Å²) in [6.07, 6.45) is 0. The highest BCUT2D eigenvalue weighted by Crippen LogP contribution is 2.38. The number of hydrogen-bond donors (Lipinski definition) is 3. The summed E-state index contributed by atoms with van der Waals surface area (Å²) >= 11 is 0. The zero-order chi connectivity index (χ0) is 17.6. The van der Waals surface area contributed by atoms with Gasteiger partial charge < -0.3 is 15.2 Å². The summed E-state index contributed by atoms with van der Waals surface area (Å²) in [6.45, 7) is 2.12. The number of phenols is 1. The summed E-state index contributed by atoms with van der Waals surface area (Å²) < 4.78 is 0. The molecule has 3 nitrogen and oxygen atoms in total. The van der Waals surface area contributed by atoms with Crippen molar-refractivity contribution in [2.45, 2.75) is 6.92 Å². The molecule has 4 aromatic rings. The first kappa shape index (κ1) is 15.7. The Morgan fingerprint density at radius 3 is 1.76 bits per heavy atom. The summed E-state index contributed by atoms with van der Waals surface area (Å²) in [6, 6.07) is 21.4. The molecule has 4 rings (SSSR count). The molecule has 0 amide bonds. The molecule has 0 heterocycles. The molecule has 0 aliphatic heterocycles. The van der Waals surface area contributed by atoms with E-state index in [9.17, 15) is 15.2 Å². The van der Waals surface area contributed by atoms with Crippen LogP contribution in [-0.4, -0.2) is 22.3 Å².